The Balaban J connectivity index is 1.98. The monoisotopic (exact) mass is 384 g/mol. The molecular formula is C21H24N2O5. The molecule has 2 aliphatic rings. The largest absolute Gasteiger partial charge is 0.504 e. The minimum atomic E-state index is -0.723. The minimum Gasteiger partial charge on any atom is -0.504 e. The molecule has 1 heterocycles. The number of urea groups is 1. The Kier molecular flexibility index (Phi) is 5.82. The molecule has 28 heavy (non-hydrogen) atoms. The second-order valence-electron chi connectivity index (χ2n) is 7.01. The van der Waals surface area contributed by atoms with Crippen molar-refractivity contribution < 1.29 is 24.2 Å². The zero-order valence-corrected chi connectivity index (χ0v) is 15.9. The molecule has 2 fully saturated rings. The van der Waals surface area contributed by atoms with Gasteiger partial charge < -0.3 is 9.84 Å². The fourth-order valence-electron chi connectivity index (χ4n) is 3.75. The maximum atomic E-state index is 13.0. The van der Waals surface area contributed by atoms with Gasteiger partial charge >= 0.3 is 6.03 Å². The second kappa shape index (κ2) is 8.29. The van der Waals surface area contributed by atoms with Crippen LogP contribution in [0.15, 0.2) is 30.4 Å². The minimum absolute atomic E-state index is 0.0111. The Hall–Kier alpha value is -3.09. The van der Waals surface area contributed by atoms with Gasteiger partial charge in [0.1, 0.15) is 5.57 Å². The van der Waals surface area contributed by atoms with Crippen molar-refractivity contribution in [2.75, 3.05) is 7.11 Å². The number of ether oxygens (including phenoxy) is 1. The first kappa shape index (κ1) is 19.7. The molecule has 0 spiro atoms. The molecule has 7 heteroatoms. The molecule has 148 valence electrons. The van der Waals surface area contributed by atoms with Crippen LogP contribution in [0.4, 0.5) is 4.79 Å². The van der Waals surface area contributed by atoms with Crippen LogP contribution in [0.3, 0.4) is 0 Å². The van der Waals surface area contributed by atoms with E-state index in [0.29, 0.717) is 17.5 Å². The number of barbiturate groups is 1. The number of amides is 4. The molecule has 2 N–H and O–H groups in total. The van der Waals surface area contributed by atoms with Crippen molar-refractivity contribution in [1.29, 1.82) is 0 Å². The summed E-state index contributed by atoms with van der Waals surface area (Å²) >= 11 is 0. The van der Waals surface area contributed by atoms with Crippen LogP contribution in [0.25, 0.3) is 6.08 Å². The van der Waals surface area contributed by atoms with Gasteiger partial charge in [-0.3, -0.25) is 19.8 Å². The zero-order valence-electron chi connectivity index (χ0n) is 15.9. The molecule has 0 aromatic heterocycles. The van der Waals surface area contributed by atoms with E-state index < -0.39 is 17.8 Å². The number of carbonyl (C=O) groups is 3. The Morgan fingerprint density at radius 3 is 2.61 bits per heavy atom. The van der Waals surface area contributed by atoms with E-state index in [1.165, 1.54) is 24.2 Å². The van der Waals surface area contributed by atoms with Gasteiger partial charge in [0.15, 0.2) is 11.5 Å². The first-order valence-corrected chi connectivity index (χ1v) is 9.37. The molecule has 0 unspecified atom stereocenters. The van der Waals surface area contributed by atoms with E-state index in [1.807, 2.05) is 0 Å². The van der Waals surface area contributed by atoms with Crippen molar-refractivity contribution in [3.8, 4) is 11.5 Å². The lowest BCUT2D eigenvalue weighted by molar-refractivity contribution is -0.132. The molecule has 1 aromatic carbocycles. The lowest BCUT2D eigenvalue weighted by atomic mass is 9.93. The lowest BCUT2D eigenvalue weighted by Gasteiger charge is -2.35. The SMILES string of the molecule is C=CCc1cc(C=C2C(=O)NC(=O)N(C3CCCCC3)C2=O)cc(OC)c1O. The number of phenols is 1. The van der Waals surface area contributed by atoms with Gasteiger partial charge in [-0.2, -0.15) is 0 Å². The molecule has 0 radical (unpaired) electrons. The molecule has 1 saturated carbocycles. The highest BCUT2D eigenvalue weighted by Crippen LogP contribution is 2.33. The fraction of sp³-hybridized carbons (Fsp3) is 0.381. The first-order chi connectivity index (χ1) is 13.5. The van der Waals surface area contributed by atoms with Gasteiger partial charge in [0, 0.05) is 11.6 Å². The number of phenolic OH excluding ortho intramolecular Hbond substituents is 1. The number of hydrogen-bond donors (Lipinski definition) is 2. The van der Waals surface area contributed by atoms with Crippen LogP contribution in [0.5, 0.6) is 11.5 Å². The molecule has 1 aliphatic carbocycles. The summed E-state index contributed by atoms with van der Waals surface area (Å²) in [5, 5.41) is 12.5. The van der Waals surface area contributed by atoms with Crippen LogP contribution >= 0.6 is 0 Å². The van der Waals surface area contributed by atoms with Crippen molar-refractivity contribution in [3.05, 3.63) is 41.5 Å². The van der Waals surface area contributed by atoms with Gasteiger partial charge in [0.25, 0.3) is 11.8 Å². The van der Waals surface area contributed by atoms with E-state index in [2.05, 4.69) is 11.9 Å². The van der Waals surface area contributed by atoms with Gasteiger partial charge in [-0.25, -0.2) is 4.79 Å². The molecule has 3 rings (SSSR count). The van der Waals surface area contributed by atoms with E-state index in [1.54, 1.807) is 12.1 Å². The molecule has 1 aromatic rings. The molecule has 4 amide bonds. The zero-order chi connectivity index (χ0) is 20.3. The van der Waals surface area contributed by atoms with Crippen LogP contribution < -0.4 is 10.1 Å². The number of benzene rings is 1. The Morgan fingerprint density at radius 1 is 1.25 bits per heavy atom. The number of hydrogen-bond acceptors (Lipinski definition) is 5. The summed E-state index contributed by atoms with van der Waals surface area (Å²) in [5.74, 6) is -1.09. The summed E-state index contributed by atoms with van der Waals surface area (Å²) < 4.78 is 5.19. The molecule has 0 atom stereocenters. The predicted octanol–water partition coefficient (Wildman–Crippen LogP) is 2.92. The quantitative estimate of drug-likeness (QED) is 0.462. The fourth-order valence-corrected chi connectivity index (χ4v) is 3.75. The topological polar surface area (TPSA) is 95.9 Å². The van der Waals surface area contributed by atoms with Crippen LogP contribution in [0.2, 0.25) is 0 Å². The van der Waals surface area contributed by atoms with Gasteiger partial charge in [-0.1, -0.05) is 25.3 Å². The summed E-state index contributed by atoms with van der Waals surface area (Å²) in [6.45, 7) is 3.66. The Morgan fingerprint density at radius 2 is 1.96 bits per heavy atom. The van der Waals surface area contributed by atoms with Crippen molar-refractivity contribution in [2.24, 2.45) is 0 Å². The number of allylic oxidation sites excluding steroid dienone is 1. The average molecular weight is 384 g/mol. The average Bonchev–Trinajstić information content (AvgIpc) is 2.68. The van der Waals surface area contributed by atoms with Crippen molar-refractivity contribution in [3.63, 3.8) is 0 Å². The highest BCUT2D eigenvalue weighted by atomic mass is 16.5. The molecule has 0 bridgehead atoms. The standard InChI is InChI=1S/C21H24N2O5/c1-3-7-14-10-13(12-17(28-2)18(14)24)11-16-19(25)22-21(27)23(20(16)26)15-8-5-4-6-9-15/h3,10-12,15,24H,1,4-9H2,2H3,(H,22,25,27). The third-order valence-corrected chi connectivity index (χ3v) is 5.14. The highest BCUT2D eigenvalue weighted by molar-refractivity contribution is 6.31. The molecule has 1 aliphatic heterocycles. The van der Waals surface area contributed by atoms with Crippen LogP contribution in [-0.2, 0) is 16.0 Å². The molecule has 1 saturated heterocycles. The summed E-state index contributed by atoms with van der Waals surface area (Å²) in [4.78, 5) is 38.8. The summed E-state index contributed by atoms with van der Waals surface area (Å²) in [7, 11) is 1.42. The number of aromatic hydroxyl groups is 1. The summed E-state index contributed by atoms with van der Waals surface area (Å²) in [6.07, 6.45) is 7.94. The Bertz CT molecular complexity index is 853. The summed E-state index contributed by atoms with van der Waals surface area (Å²) in [5.41, 5.74) is 0.968. The van der Waals surface area contributed by atoms with Crippen LogP contribution in [0, 0.1) is 0 Å². The van der Waals surface area contributed by atoms with Gasteiger partial charge in [-0.05, 0) is 43.0 Å². The number of imide groups is 2. The Labute approximate surface area is 163 Å². The smallest absolute Gasteiger partial charge is 0.331 e. The molecule has 7 nitrogen and oxygen atoms in total. The third kappa shape index (κ3) is 3.78. The van der Waals surface area contributed by atoms with E-state index in [-0.39, 0.29) is 23.1 Å². The van der Waals surface area contributed by atoms with E-state index in [9.17, 15) is 19.5 Å². The number of methoxy groups -OCH3 is 1. The van der Waals surface area contributed by atoms with Gasteiger partial charge in [0.2, 0.25) is 0 Å². The highest BCUT2D eigenvalue weighted by Gasteiger charge is 2.40. The lowest BCUT2D eigenvalue weighted by Crippen LogP contribution is -2.58. The number of nitrogens with one attached hydrogen (secondary N) is 1. The first-order valence-electron chi connectivity index (χ1n) is 9.37. The maximum Gasteiger partial charge on any atom is 0.331 e. The van der Waals surface area contributed by atoms with E-state index >= 15 is 0 Å². The third-order valence-electron chi connectivity index (χ3n) is 5.14. The number of nitrogens with zero attached hydrogens (tertiary/aromatic N) is 1. The van der Waals surface area contributed by atoms with Crippen molar-refractivity contribution in [1.82, 2.24) is 10.2 Å². The van der Waals surface area contributed by atoms with Gasteiger partial charge in [0.05, 0.1) is 7.11 Å². The predicted molar refractivity (Wildman–Crippen MR) is 104 cm³/mol. The molecular weight excluding hydrogens is 360 g/mol. The van der Waals surface area contributed by atoms with E-state index in [4.69, 9.17) is 4.74 Å². The summed E-state index contributed by atoms with van der Waals surface area (Å²) in [6, 6.07) is 2.35. The number of rotatable bonds is 5. The second-order valence-corrected chi connectivity index (χ2v) is 7.01. The maximum absolute atomic E-state index is 13.0. The van der Waals surface area contributed by atoms with Crippen LogP contribution in [0.1, 0.15) is 43.2 Å². The van der Waals surface area contributed by atoms with Crippen molar-refractivity contribution >= 4 is 23.9 Å². The van der Waals surface area contributed by atoms with Crippen LogP contribution in [-0.4, -0.2) is 41.0 Å². The van der Waals surface area contributed by atoms with Gasteiger partial charge in [-0.15, -0.1) is 6.58 Å². The van der Waals surface area contributed by atoms with Crippen molar-refractivity contribution in [2.45, 2.75) is 44.6 Å². The normalized spacial score (nSPS) is 19.7. The number of carbonyl (C=O) groups excluding carboxylic acids is 3. The van der Waals surface area contributed by atoms with E-state index in [0.717, 1.165) is 32.1 Å².